The van der Waals surface area contributed by atoms with Gasteiger partial charge in [-0.05, 0) is 24.6 Å². The van der Waals surface area contributed by atoms with Gasteiger partial charge in [-0.2, -0.15) is 0 Å². The summed E-state index contributed by atoms with van der Waals surface area (Å²) >= 11 is 0. The fourth-order valence-corrected chi connectivity index (χ4v) is 4.32. The van der Waals surface area contributed by atoms with Crippen LogP contribution in [-0.2, 0) is 17.6 Å². The lowest BCUT2D eigenvalue weighted by molar-refractivity contribution is -0.384. The van der Waals surface area contributed by atoms with Gasteiger partial charge in [0, 0.05) is 70.9 Å². The number of rotatable bonds is 13. The maximum Gasteiger partial charge on any atom is 0.318 e. The Kier molecular flexibility index (Phi) is 11.5. The highest BCUT2D eigenvalue weighted by Gasteiger charge is 2.24. The molecule has 206 valence electrons. The van der Waals surface area contributed by atoms with Crippen LogP contribution in [0.2, 0.25) is 0 Å². The topological polar surface area (TPSA) is 131 Å². The second-order valence-electron chi connectivity index (χ2n) is 9.51. The number of urea groups is 1. The molecule has 0 aromatic heterocycles. The first-order valence-electron chi connectivity index (χ1n) is 13.0. The van der Waals surface area contributed by atoms with Gasteiger partial charge in [0.2, 0.25) is 5.91 Å². The molecule has 11 heteroatoms. The molecule has 1 aliphatic heterocycles. The van der Waals surface area contributed by atoms with Crippen LogP contribution in [0.15, 0.2) is 54.6 Å². The van der Waals surface area contributed by atoms with Crippen LogP contribution in [0.25, 0.3) is 0 Å². The molecule has 1 heterocycles. The molecule has 1 atom stereocenters. The molecule has 1 aliphatic rings. The molecule has 0 unspecified atom stereocenters. The van der Waals surface area contributed by atoms with E-state index in [0.29, 0.717) is 31.6 Å². The first-order valence-corrected chi connectivity index (χ1v) is 13.0. The number of hydrogen-bond acceptors (Lipinski definition) is 7. The molecule has 3 amide bonds. The summed E-state index contributed by atoms with van der Waals surface area (Å²) in [6, 6.07) is 14.4. The number of nitro benzene ring substituents is 1. The van der Waals surface area contributed by atoms with Gasteiger partial charge in [-0.3, -0.25) is 19.8 Å². The molecule has 0 saturated carbocycles. The zero-order valence-corrected chi connectivity index (χ0v) is 21.9. The highest BCUT2D eigenvalue weighted by atomic mass is 16.6. The first-order chi connectivity index (χ1) is 18.4. The van der Waals surface area contributed by atoms with E-state index < -0.39 is 17.0 Å². The maximum atomic E-state index is 13.2. The molecule has 38 heavy (non-hydrogen) atoms. The second-order valence-corrected chi connectivity index (χ2v) is 9.51. The average molecular weight is 527 g/mol. The number of carbonyl (C=O) groups excluding carboxylic acids is 2. The lowest BCUT2D eigenvalue weighted by atomic mass is 10.0. The van der Waals surface area contributed by atoms with Crippen molar-refractivity contribution in [3.63, 3.8) is 0 Å². The van der Waals surface area contributed by atoms with Crippen molar-refractivity contribution < 1.29 is 19.6 Å². The summed E-state index contributed by atoms with van der Waals surface area (Å²) < 4.78 is 0. The summed E-state index contributed by atoms with van der Waals surface area (Å²) in [5, 5.41) is 26.3. The third-order valence-electron chi connectivity index (χ3n) is 6.69. The number of amides is 3. The number of carbonyl (C=O) groups is 2. The number of piperazine rings is 1. The van der Waals surface area contributed by atoms with Gasteiger partial charge >= 0.3 is 6.03 Å². The molecular weight excluding hydrogens is 488 g/mol. The Balaban J connectivity index is 1.64. The minimum Gasteiger partial charge on any atom is -0.395 e. The van der Waals surface area contributed by atoms with Crippen LogP contribution in [-0.4, -0.2) is 109 Å². The van der Waals surface area contributed by atoms with E-state index in [1.165, 1.54) is 17.0 Å². The van der Waals surface area contributed by atoms with E-state index in [4.69, 9.17) is 0 Å². The van der Waals surface area contributed by atoms with Crippen LogP contribution >= 0.6 is 0 Å². The predicted molar refractivity (Wildman–Crippen MR) is 145 cm³/mol. The van der Waals surface area contributed by atoms with Crippen LogP contribution in [0, 0.1) is 10.1 Å². The number of aliphatic hydroxyl groups is 1. The van der Waals surface area contributed by atoms with E-state index in [2.05, 4.69) is 27.5 Å². The lowest BCUT2D eigenvalue weighted by Crippen LogP contribution is -2.54. The molecule has 1 fully saturated rings. The molecule has 2 aromatic carbocycles. The largest absolute Gasteiger partial charge is 0.395 e. The highest BCUT2D eigenvalue weighted by molar-refractivity contribution is 5.87. The Morgan fingerprint density at radius 2 is 1.71 bits per heavy atom. The van der Waals surface area contributed by atoms with Gasteiger partial charge in [0.05, 0.1) is 11.5 Å². The van der Waals surface area contributed by atoms with Gasteiger partial charge in [0.15, 0.2) is 0 Å². The van der Waals surface area contributed by atoms with E-state index in [1.807, 2.05) is 30.3 Å². The standard InChI is InChI=1S/C27H38N6O5/c1-30-15-17-31(18-16-30)14-12-28-26(35)25(21-23-7-9-24(10-8-23)33(37)38)29-27(36)32(19-20-34)13-11-22-5-3-2-4-6-22/h2-10,25,34H,11-21H2,1H3,(H,28,35)(H,29,36)/t25-/m0/s1. The number of likely N-dealkylation sites (N-methyl/N-ethyl adjacent to an activating group) is 1. The predicted octanol–water partition coefficient (Wildman–Crippen LogP) is 1.12. The lowest BCUT2D eigenvalue weighted by Gasteiger charge is -2.32. The highest BCUT2D eigenvalue weighted by Crippen LogP contribution is 2.14. The van der Waals surface area contributed by atoms with Crippen molar-refractivity contribution in [2.24, 2.45) is 0 Å². The molecule has 0 aliphatic carbocycles. The van der Waals surface area contributed by atoms with Crippen LogP contribution in [0.4, 0.5) is 10.5 Å². The first kappa shape index (κ1) is 29.0. The third-order valence-corrected chi connectivity index (χ3v) is 6.69. The van der Waals surface area contributed by atoms with Crippen LogP contribution in [0.1, 0.15) is 11.1 Å². The van der Waals surface area contributed by atoms with Crippen LogP contribution < -0.4 is 10.6 Å². The monoisotopic (exact) mass is 526 g/mol. The molecule has 3 rings (SSSR count). The van der Waals surface area contributed by atoms with E-state index in [-0.39, 0.29) is 31.2 Å². The van der Waals surface area contributed by atoms with Gasteiger partial charge in [-0.1, -0.05) is 42.5 Å². The Morgan fingerprint density at radius 3 is 2.34 bits per heavy atom. The summed E-state index contributed by atoms with van der Waals surface area (Å²) in [5.74, 6) is -0.321. The number of nitrogens with zero attached hydrogens (tertiary/aromatic N) is 4. The summed E-state index contributed by atoms with van der Waals surface area (Å²) in [6.45, 7) is 5.31. The molecule has 1 saturated heterocycles. The van der Waals surface area contributed by atoms with Crippen molar-refractivity contribution in [2.45, 2.75) is 18.9 Å². The van der Waals surface area contributed by atoms with Crippen molar-refractivity contribution in [1.29, 1.82) is 0 Å². The summed E-state index contributed by atoms with van der Waals surface area (Å²) in [6.07, 6.45) is 0.786. The number of aliphatic hydroxyl groups excluding tert-OH is 1. The summed E-state index contributed by atoms with van der Waals surface area (Å²) in [5.41, 5.74) is 1.71. The molecule has 0 radical (unpaired) electrons. The Labute approximate surface area is 223 Å². The molecule has 3 N–H and O–H groups in total. The third kappa shape index (κ3) is 9.40. The minimum atomic E-state index is -0.880. The van der Waals surface area contributed by atoms with Gasteiger partial charge in [-0.25, -0.2) is 4.79 Å². The van der Waals surface area contributed by atoms with Crippen LogP contribution in [0.3, 0.4) is 0 Å². The number of non-ortho nitro benzene ring substituents is 1. The smallest absolute Gasteiger partial charge is 0.318 e. The van der Waals surface area contributed by atoms with E-state index >= 15 is 0 Å². The molecular formula is C27H38N6O5. The molecule has 2 aromatic rings. The van der Waals surface area contributed by atoms with Crippen molar-refractivity contribution in [2.75, 3.05) is 66.0 Å². The zero-order chi connectivity index (χ0) is 27.3. The SMILES string of the molecule is CN1CCN(CCNC(=O)[C@H](Cc2ccc([N+](=O)[O-])cc2)NC(=O)N(CCO)CCc2ccccc2)CC1. The second kappa shape index (κ2) is 15.0. The van der Waals surface area contributed by atoms with Crippen molar-refractivity contribution in [3.8, 4) is 0 Å². The maximum absolute atomic E-state index is 13.2. The van der Waals surface area contributed by atoms with Gasteiger partial charge in [0.25, 0.3) is 5.69 Å². The Hall–Kier alpha value is -3.54. The van der Waals surface area contributed by atoms with Gasteiger partial charge < -0.3 is 25.5 Å². The molecule has 0 bridgehead atoms. The average Bonchev–Trinajstić information content (AvgIpc) is 2.92. The number of nitro groups is 1. The van der Waals surface area contributed by atoms with E-state index in [1.54, 1.807) is 12.1 Å². The van der Waals surface area contributed by atoms with E-state index in [0.717, 1.165) is 31.7 Å². The number of hydrogen-bond donors (Lipinski definition) is 3. The molecule has 11 nitrogen and oxygen atoms in total. The van der Waals surface area contributed by atoms with Crippen molar-refractivity contribution >= 4 is 17.6 Å². The quantitative estimate of drug-likeness (QED) is 0.263. The van der Waals surface area contributed by atoms with Crippen LogP contribution in [0.5, 0.6) is 0 Å². The fourth-order valence-electron chi connectivity index (χ4n) is 4.32. The van der Waals surface area contributed by atoms with Crippen molar-refractivity contribution in [1.82, 2.24) is 25.3 Å². The zero-order valence-electron chi connectivity index (χ0n) is 21.9. The van der Waals surface area contributed by atoms with Gasteiger partial charge in [-0.15, -0.1) is 0 Å². The van der Waals surface area contributed by atoms with Crippen molar-refractivity contribution in [3.05, 3.63) is 75.8 Å². The molecule has 0 spiro atoms. The number of benzene rings is 2. The fraction of sp³-hybridized carbons (Fsp3) is 0.481. The van der Waals surface area contributed by atoms with Gasteiger partial charge in [0.1, 0.15) is 6.04 Å². The van der Waals surface area contributed by atoms with E-state index in [9.17, 15) is 24.8 Å². The minimum absolute atomic E-state index is 0.0407. The normalized spacial score (nSPS) is 15.0. The Bertz CT molecular complexity index is 1030. The summed E-state index contributed by atoms with van der Waals surface area (Å²) in [4.78, 5) is 42.9. The summed E-state index contributed by atoms with van der Waals surface area (Å²) in [7, 11) is 2.09. The Morgan fingerprint density at radius 1 is 1.03 bits per heavy atom. The number of nitrogens with one attached hydrogen (secondary N) is 2.